The van der Waals surface area contributed by atoms with E-state index < -0.39 is 10.0 Å². The van der Waals surface area contributed by atoms with Crippen LogP contribution in [0.3, 0.4) is 0 Å². The molecule has 1 heterocycles. The van der Waals surface area contributed by atoms with Gasteiger partial charge in [0, 0.05) is 25.7 Å². The molecule has 1 amide bonds. The molecule has 0 spiro atoms. The van der Waals surface area contributed by atoms with Gasteiger partial charge >= 0.3 is 0 Å². The third kappa shape index (κ3) is 4.23. The van der Waals surface area contributed by atoms with Crippen molar-refractivity contribution in [1.29, 1.82) is 0 Å². The Morgan fingerprint density at radius 2 is 1.96 bits per heavy atom. The van der Waals surface area contributed by atoms with Crippen LogP contribution in [0.25, 0.3) is 0 Å². The van der Waals surface area contributed by atoms with Crippen LogP contribution in [0.5, 0.6) is 0 Å². The molecule has 2 aromatic rings. The molecule has 144 valence electrons. The van der Waals surface area contributed by atoms with E-state index in [1.54, 1.807) is 42.3 Å². The second-order valence-corrected chi connectivity index (χ2v) is 9.35. The number of carbonyl (C=O) groups excluding carboxylic acids is 1. The normalized spacial score (nSPS) is 14.0. The minimum atomic E-state index is -3.33. The average Bonchev–Trinajstić information content (AvgIpc) is 2.63. The molecular weight excluding hydrogens is 407 g/mol. The monoisotopic (exact) mass is 426 g/mol. The summed E-state index contributed by atoms with van der Waals surface area (Å²) in [5.41, 5.74) is 2.80. The van der Waals surface area contributed by atoms with Gasteiger partial charge in [0.15, 0.2) is 0 Å². The molecule has 0 N–H and O–H groups in total. The van der Waals surface area contributed by atoms with Crippen LogP contribution in [0.1, 0.15) is 27.9 Å². The summed E-state index contributed by atoms with van der Waals surface area (Å²) in [5, 5.41) is 0.887. The number of rotatable bonds is 4. The summed E-state index contributed by atoms with van der Waals surface area (Å²) >= 11 is 12.2. The third-order valence-corrected chi connectivity index (χ3v) is 6.63. The standard InChI is InChI=1S/C19H20Cl2N2O3S/c1-22(12-15-5-3-7-16(20)18(15)21)19(24)14-8-9-17-13(11-14)6-4-10-23(17)27(2,25)26/h3,5,7-9,11H,4,6,10,12H2,1-2H3. The zero-order valence-electron chi connectivity index (χ0n) is 15.1. The number of hydrogen-bond donors (Lipinski definition) is 0. The zero-order valence-corrected chi connectivity index (χ0v) is 17.4. The number of sulfonamides is 1. The largest absolute Gasteiger partial charge is 0.337 e. The Bertz CT molecular complexity index is 992. The lowest BCUT2D eigenvalue weighted by Crippen LogP contribution is -2.35. The number of nitrogens with zero attached hydrogens (tertiary/aromatic N) is 2. The molecule has 1 aliphatic heterocycles. The summed E-state index contributed by atoms with van der Waals surface area (Å²) in [4.78, 5) is 14.4. The Kier molecular flexibility index (Phi) is 5.70. The molecule has 0 bridgehead atoms. The number of halogens is 2. The van der Waals surface area contributed by atoms with E-state index in [0.717, 1.165) is 24.0 Å². The summed E-state index contributed by atoms with van der Waals surface area (Å²) in [6.07, 6.45) is 2.67. The molecule has 5 nitrogen and oxygen atoms in total. The molecule has 0 atom stereocenters. The van der Waals surface area contributed by atoms with Gasteiger partial charge < -0.3 is 4.90 Å². The van der Waals surface area contributed by atoms with E-state index in [1.807, 2.05) is 6.07 Å². The Hall–Kier alpha value is -1.76. The first-order chi connectivity index (χ1) is 12.7. The Morgan fingerprint density at radius 3 is 2.67 bits per heavy atom. The van der Waals surface area contributed by atoms with Gasteiger partial charge in [-0.3, -0.25) is 9.10 Å². The van der Waals surface area contributed by atoms with Crippen LogP contribution in [0.2, 0.25) is 10.0 Å². The molecule has 8 heteroatoms. The summed E-state index contributed by atoms with van der Waals surface area (Å²) in [6.45, 7) is 0.789. The van der Waals surface area contributed by atoms with E-state index in [9.17, 15) is 13.2 Å². The molecule has 0 radical (unpaired) electrons. The predicted molar refractivity (Wildman–Crippen MR) is 109 cm³/mol. The van der Waals surface area contributed by atoms with Crippen LogP contribution < -0.4 is 4.31 Å². The van der Waals surface area contributed by atoms with Gasteiger partial charge in [-0.1, -0.05) is 35.3 Å². The minimum absolute atomic E-state index is 0.162. The van der Waals surface area contributed by atoms with Crippen molar-refractivity contribution in [2.45, 2.75) is 19.4 Å². The van der Waals surface area contributed by atoms with Crippen molar-refractivity contribution in [3.8, 4) is 0 Å². The van der Waals surface area contributed by atoms with Gasteiger partial charge in [0.25, 0.3) is 5.91 Å². The van der Waals surface area contributed by atoms with E-state index >= 15 is 0 Å². The Balaban J connectivity index is 1.84. The van der Waals surface area contributed by atoms with Gasteiger partial charge in [-0.05, 0) is 48.2 Å². The number of amides is 1. The topological polar surface area (TPSA) is 57.7 Å². The highest BCUT2D eigenvalue weighted by molar-refractivity contribution is 7.92. The number of anilines is 1. The van der Waals surface area contributed by atoms with Crippen molar-refractivity contribution in [2.24, 2.45) is 0 Å². The molecule has 0 aromatic heterocycles. The van der Waals surface area contributed by atoms with Crippen molar-refractivity contribution in [1.82, 2.24) is 4.90 Å². The molecule has 0 unspecified atom stereocenters. The number of benzene rings is 2. The van der Waals surface area contributed by atoms with Crippen molar-refractivity contribution in [3.63, 3.8) is 0 Å². The predicted octanol–water partition coefficient (Wildman–Crippen LogP) is 3.98. The van der Waals surface area contributed by atoms with Crippen LogP contribution in [0.15, 0.2) is 36.4 Å². The first-order valence-electron chi connectivity index (χ1n) is 8.47. The molecular formula is C19H20Cl2N2O3S. The fourth-order valence-corrected chi connectivity index (χ4v) is 4.63. The number of aryl methyl sites for hydroxylation is 1. The maximum absolute atomic E-state index is 12.8. The first kappa shape index (κ1) is 20.0. The quantitative estimate of drug-likeness (QED) is 0.742. The van der Waals surface area contributed by atoms with E-state index in [-0.39, 0.29) is 5.91 Å². The molecule has 0 fully saturated rings. The van der Waals surface area contributed by atoms with Crippen molar-refractivity contribution in [2.75, 3.05) is 24.2 Å². The van der Waals surface area contributed by atoms with Gasteiger partial charge in [-0.25, -0.2) is 8.42 Å². The minimum Gasteiger partial charge on any atom is -0.337 e. The van der Waals surface area contributed by atoms with Gasteiger partial charge in [0.2, 0.25) is 10.0 Å². The van der Waals surface area contributed by atoms with E-state index in [0.29, 0.717) is 34.4 Å². The molecule has 1 aliphatic rings. The third-order valence-electron chi connectivity index (χ3n) is 4.59. The Morgan fingerprint density at radius 1 is 1.22 bits per heavy atom. The average molecular weight is 427 g/mol. The summed E-state index contributed by atoms with van der Waals surface area (Å²) < 4.78 is 25.3. The smallest absolute Gasteiger partial charge is 0.253 e. The van der Waals surface area contributed by atoms with Crippen LogP contribution in [0.4, 0.5) is 5.69 Å². The lowest BCUT2D eigenvalue weighted by molar-refractivity contribution is 0.0785. The second kappa shape index (κ2) is 7.70. The summed E-state index contributed by atoms with van der Waals surface area (Å²) in [6, 6.07) is 10.5. The van der Waals surface area contributed by atoms with Gasteiger partial charge in [-0.2, -0.15) is 0 Å². The molecule has 0 aliphatic carbocycles. The number of hydrogen-bond acceptors (Lipinski definition) is 3. The van der Waals surface area contributed by atoms with E-state index in [1.165, 1.54) is 10.6 Å². The van der Waals surface area contributed by atoms with Crippen LogP contribution in [0, 0.1) is 0 Å². The fourth-order valence-electron chi connectivity index (χ4n) is 3.26. The molecule has 2 aromatic carbocycles. The van der Waals surface area contributed by atoms with Crippen molar-refractivity contribution in [3.05, 3.63) is 63.1 Å². The molecule has 0 saturated carbocycles. The molecule has 0 saturated heterocycles. The van der Waals surface area contributed by atoms with Gasteiger partial charge in [-0.15, -0.1) is 0 Å². The van der Waals surface area contributed by atoms with E-state index in [2.05, 4.69) is 0 Å². The van der Waals surface area contributed by atoms with Gasteiger partial charge in [0.1, 0.15) is 0 Å². The van der Waals surface area contributed by atoms with Crippen LogP contribution >= 0.6 is 23.2 Å². The lowest BCUT2D eigenvalue weighted by Gasteiger charge is -2.29. The maximum atomic E-state index is 12.8. The van der Waals surface area contributed by atoms with E-state index in [4.69, 9.17) is 23.2 Å². The van der Waals surface area contributed by atoms with Gasteiger partial charge in [0.05, 0.1) is 22.0 Å². The van der Waals surface area contributed by atoms with Crippen LogP contribution in [-0.4, -0.2) is 39.1 Å². The fraction of sp³-hybridized carbons (Fsp3) is 0.316. The molecule has 27 heavy (non-hydrogen) atoms. The number of carbonyl (C=O) groups is 1. The first-order valence-corrected chi connectivity index (χ1v) is 11.1. The molecule has 3 rings (SSSR count). The van der Waals surface area contributed by atoms with Crippen molar-refractivity contribution >= 4 is 44.8 Å². The highest BCUT2D eigenvalue weighted by atomic mass is 35.5. The summed E-state index contributed by atoms with van der Waals surface area (Å²) in [7, 11) is -1.63. The highest BCUT2D eigenvalue weighted by Gasteiger charge is 2.25. The lowest BCUT2D eigenvalue weighted by atomic mass is 10.00. The Labute approximate surface area is 169 Å². The maximum Gasteiger partial charge on any atom is 0.253 e. The highest BCUT2D eigenvalue weighted by Crippen LogP contribution is 2.31. The second-order valence-electron chi connectivity index (χ2n) is 6.66. The number of fused-ring (bicyclic) bond motifs is 1. The SMILES string of the molecule is CN(Cc1cccc(Cl)c1Cl)C(=O)c1ccc2c(c1)CCCN2S(C)(=O)=O. The van der Waals surface area contributed by atoms with Crippen molar-refractivity contribution < 1.29 is 13.2 Å². The zero-order chi connectivity index (χ0) is 19.8. The summed E-state index contributed by atoms with van der Waals surface area (Å²) in [5.74, 6) is -0.162. The van der Waals surface area contributed by atoms with Crippen LogP contribution in [-0.2, 0) is 23.0 Å².